The van der Waals surface area contributed by atoms with E-state index in [-0.39, 0.29) is 30.1 Å². The fourth-order valence-corrected chi connectivity index (χ4v) is 5.34. The number of unbranched alkanes of at least 4 members (excludes halogenated alkanes) is 1. The molecule has 8 heteroatoms. The molecule has 198 valence electrons. The van der Waals surface area contributed by atoms with E-state index in [4.69, 9.17) is 9.47 Å². The first kappa shape index (κ1) is 28.1. The number of nitrogens with one attached hydrogen (secondary N) is 1. The van der Waals surface area contributed by atoms with Crippen LogP contribution in [0.1, 0.15) is 64.7 Å². The van der Waals surface area contributed by atoms with Crippen molar-refractivity contribution < 1.29 is 19.1 Å². The van der Waals surface area contributed by atoms with Crippen LogP contribution >= 0.6 is 11.8 Å². The number of rotatable bonds is 14. The van der Waals surface area contributed by atoms with Crippen LogP contribution < -0.4 is 10.3 Å². The van der Waals surface area contributed by atoms with Gasteiger partial charge in [-0.05, 0) is 74.3 Å². The lowest BCUT2D eigenvalue weighted by Crippen LogP contribution is -2.46. The number of ether oxygens (including phenoxy) is 2. The zero-order valence-electron chi connectivity index (χ0n) is 21.6. The first-order valence-corrected chi connectivity index (χ1v) is 14.5. The second-order valence-electron chi connectivity index (χ2n) is 9.67. The molecule has 1 aromatic carbocycles. The molecule has 0 spiro atoms. The molecule has 36 heavy (non-hydrogen) atoms. The normalized spacial score (nSPS) is 14.9. The van der Waals surface area contributed by atoms with Crippen LogP contribution in [0, 0.1) is 5.92 Å². The predicted molar refractivity (Wildman–Crippen MR) is 146 cm³/mol. The van der Waals surface area contributed by atoms with Gasteiger partial charge >= 0.3 is 5.97 Å². The number of benzene rings is 1. The van der Waals surface area contributed by atoms with Crippen LogP contribution in [0.3, 0.4) is 0 Å². The third-order valence-electron chi connectivity index (χ3n) is 6.82. The number of esters is 1. The number of carbonyl (C=O) groups excluding carboxylic acids is 2. The molecule has 0 aliphatic heterocycles. The Morgan fingerprint density at radius 3 is 2.69 bits per heavy atom. The molecule has 1 saturated carbocycles. The van der Waals surface area contributed by atoms with Crippen molar-refractivity contribution in [3.8, 4) is 5.75 Å². The van der Waals surface area contributed by atoms with Crippen LogP contribution in [0.25, 0.3) is 10.9 Å². The van der Waals surface area contributed by atoms with E-state index in [1.54, 1.807) is 17.8 Å². The van der Waals surface area contributed by atoms with Gasteiger partial charge in [0.2, 0.25) is 11.5 Å². The number of pyridine rings is 1. The third kappa shape index (κ3) is 9.19. The Balaban J connectivity index is 1.53. The largest absolute Gasteiger partial charge is 0.494 e. The van der Waals surface area contributed by atoms with Crippen LogP contribution in [0.5, 0.6) is 5.75 Å². The van der Waals surface area contributed by atoms with Gasteiger partial charge in [0.25, 0.3) is 0 Å². The van der Waals surface area contributed by atoms with E-state index in [0.29, 0.717) is 18.9 Å². The van der Waals surface area contributed by atoms with Crippen molar-refractivity contribution in [2.24, 2.45) is 5.92 Å². The van der Waals surface area contributed by atoms with Gasteiger partial charge in [0.05, 0.1) is 12.6 Å². The number of thioether (sulfide) groups is 1. The topological polar surface area (TPSA) is 88.7 Å². The number of nitrogens with zero attached hydrogens (tertiary/aromatic N) is 1. The summed E-state index contributed by atoms with van der Waals surface area (Å²) in [6.45, 7) is 2.97. The van der Waals surface area contributed by atoms with E-state index in [1.165, 1.54) is 45.1 Å². The van der Waals surface area contributed by atoms with E-state index in [9.17, 15) is 14.4 Å². The van der Waals surface area contributed by atoms with Crippen LogP contribution in [0.4, 0.5) is 0 Å². The van der Waals surface area contributed by atoms with Crippen molar-refractivity contribution in [1.29, 1.82) is 0 Å². The zero-order valence-corrected chi connectivity index (χ0v) is 22.4. The van der Waals surface area contributed by atoms with E-state index in [2.05, 4.69) is 11.2 Å². The van der Waals surface area contributed by atoms with Crippen LogP contribution in [0.15, 0.2) is 35.1 Å². The highest BCUT2D eigenvalue weighted by Gasteiger charge is 2.27. The maximum atomic E-state index is 13.4. The summed E-state index contributed by atoms with van der Waals surface area (Å²) in [7, 11) is 0. The summed E-state index contributed by atoms with van der Waals surface area (Å²) >= 11 is 1.75. The lowest BCUT2D eigenvalue weighted by molar-refractivity contribution is -0.147. The SMILES string of the molecule is CSCCC(COC(C)=O)N(CC1CCCCC1)C(=O)CCCCOc1ccc2[nH]c(=O)ccc2c1. The first-order chi connectivity index (χ1) is 17.5. The Kier molecular flexibility index (Phi) is 11.7. The smallest absolute Gasteiger partial charge is 0.302 e. The average molecular weight is 517 g/mol. The van der Waals surface area contributed by atoms with Gasteiger partial charge in [-0.3, -0.25) is 14.4 Å². The van der Waals surface area contributed by atoms with Gasteiger partial charge in [-0.2, -0.15) is 11.8 Å². The molecule has 1 aromatic heterocycles. The minimum absolute atomic E-state index is 0.0731. The van der Waals surface area contributed by atoms with Gasteiger partial charge in [0.1, 0.15) is 12.4 Å². The molecule has 2 aromatic rings. The number of fused-ring (bicyclic) bond motifs is 1. The molecule has 1 aliphatic carbocycles. The van der Waals surface area contributed by atoms with E-state index in [1.807, 2.05) is 23.1 Å². The average Bonchev–Trinajstić information content (AvgIpc) is 2.88. The molecule has 1 fully saturated rings. The maximum absolute atomic E-state index is 13.4. The maximum Gasteiger partial charge on any atom is 0.302 e. The molecule has 1 aliphatic rings. The Bertz CT molecular complexity index is 1030. The lowest BCUT2D eigenvalue weighted by Gasteiger charge is -2.35. The van der Waals surface area contributed by atoms with Gasteiger partial charge < -0.3 is 19.4 Å². The molecule has 1 unspecified atom stereocenters. The fraction of sp³-hybridized carbons (Fsp3) is 0.607. The van der Waals surface area contributed by atoms with Gasteiger partial charge in [0, 0.05) is 36.9 Å². The minimum Gasteiger partial charge on any atom is -0.494 e. The number of aromatic amines is 1. The molecule has 7 nitrogen and oxygen atoms in total. The van der Waals surface area contributed by atoms with Crippen molar-refractivity contribution in [1.82, 2.24) is 9.88 Å². The van der Waals surface area contributed by atoms with Crippen molar-refractivity contribution in [3.63, 3.8) is 0 Å². The summed E-state index contributed by atoms with van der Waals surface area (Å²) in [6, 6.07) is 8.82. The number of hydrogen-bond acceptors (Lipinski definition) is 6. The summed E-state index contributed by atoms with van der Waals surface area (Å²) in [5.41, 5.74) is 0.658. The van der Waals surface area contributed by atoms with Gasteiger partial charge in [-0.15, -0.1) is 0 Å². The molecule has 0 saturated heterocycles. The van der Waals surface area contributed by atoms with E-state index >= 15 is 0 Å². The van der Waals surface area contributed by atoms with Crippen molar-refractivity contribution in [3.05, 3.63) is 40.7 Å². The minimum atomic E-state index is -0.300. The summed E-state index contributed by atoms with van der Waals surface area (Å²) in [5.74, 6) is 2.05. The highest BCUT2D eigenvalue weighted by Crippen LogP contribution is 2.26. The zero-order chi connectivity index (χ0) is 25.8. The van der Waals surface area contributed by atoms with Crippen molar-refractivity contribution >= 4 is 34.5 Å². The molecule has 1 amide bonds. The highest BCUT2D eigenvalue weighted by atomic mass is 32.2. The van der Waals surface area contributed by atoms with Gasteiger partial charge in [-0.25, -0.2) is 0 Å². The number of hydrogen-bond donors (Lipinski definition) is 1. The fourth-order valence-electron chi connectivity index (χ4n) is 4.83. The lowest BCUT2D eigenvalue weighted by atomic mass is 9.88. The summed E-state index contributed by atoms with van der Waals surface area (Å²) in [6.07, 6.45) is 10.9. The van der Waals surface area contributed by atoms with Crippen LogP contribution in [-0.2, 0) is 14.3 Å². The third-order valence-corrected chi connectivity index (χ3v) is 7.47. The molecule has 0 radical (unpaired) electrons. The van der Waals surface area contributed by atoms with Crippen LogP contribution in [0.2, 0.25) is 0 Å². The summed E-state index contributed by atoms with van der Waals surface area (Å²) < 4.78 is 11.3. The van der Waals surface area contributed by atoms with Gasteiger partial charge in [0.15, 0.2) is 0 Å². The predicted octanol–water partition coefficient (Wildman–Crippen LogP) is 5.17. The Hall–Kier alpha value is -2.48. The number of aromatic nitrogens is 1. The quantitative estimate of drug-likeness (QED) is 0.275. The molecular formula is C28H40N2O5S. The number of carbonyl (C=O) groups is 2. The summed E-state index contributed by atoms with van der Waals surface area (Å²) in [4.78, 5) is 41.1. The monoisotopic (exact) mass is 516 g/mol. The molecular weight excluding hydrogens is 476 g/mol. The molecule has 1 atom stereocenters. The molecule has 1 N–H and O–H groups in total. The molecule has 3 rings (SSSR count). The Morgan fingerprint density at radius 1 is 1.14 bits per heavy atom. The van der Waals surface area contributed by atoms with Gasteiger partial charge in [-0.1, -0.05) is 19.3 Å². The number of H-pyrrole nitrogens is 1. The Morgan fingerprint density at radius 2 is 1.94 bits per heavy atom. The van der Waals surface area contributed by atoms with Crippen molar-refractivity contribution in [2.75, 3.05) is 31.8 Å². The number of amides is 1. The van der Waals surface area contributed by atoms with Crippen molar-refractivity contribution in [2.45, 2.75) is 70.8 Å². The van der Waals surface area contributed by atoms with Crippen LogP contribution in [-0.4, -0.2) is 59.6 Å². The standard InChI is InChI=1S/C28H40N2O5S/c1-21(31)35-20-24(15-17-36-2)30(19-22-8-4-3-5-9-22)28(33)10-6-7-16-34-25-12-13-26-23(18-25)11-14-27(32)29-26/h11-14,18,22,24H,3-10,15-17,19-20H2,1-2H3,(H,29,32). The Labute approximate surface area is 218 Å². The molecule has 1 heterocycles. The van der Waals surface area contributed by atoms with E-state index in [0.717, 1.165) is 48.2 Å². The highest BCUT2D eigenvalue weighted by molar-refractivity contribution is 7.98. The van der Waals surface area contributed by atoms with E-state index < -0.39 is 0 Å². The second-order valence-corrected chi connectivity index (χ2v) is 10.7. The molecule has 0 bridgehead atoms. The first-order valence-electron chi connectivity index (χ1n) is 13.1. The second kappa shape index (κ2) is 14.9. The summed E-state index contributed by atoms with van der Waals surface area (Å²) in [5, 5.41) is 0.921.